The van der Waals surface area contributed by atoms with Crippen LogP contribution in [0.2, 0.25) is 0 Å². The fourth-order valence-corrected chi connectivity index (χ4v) is 5.31. The zero-order valence-corrected chi connectivity index (χ0v) is 26.2. The van der Waals surface area contributed by atoms with Gasteiger partial charge in [0.25, 0.3) is 11.9 Å². The molecule has 2 N–H and O–H groups in total. The molecule has 6 aromatic heterocycles. The maximum Gasteiger partial charge on any atom is 0.305 e. The molecule has 2 aromatic carbocycles. The molecule has 0 aliphatic carbocycles. The predicted molar refractivity (Wildman–Crippen MR) is 178 cm³/mol. The average molecular weight is 666 g/mol. The van der Waals surface area contributed by atoms with E-state index < -0.39 is 0 Å². The minimum Gasteiger partial charge on any atom is -0.458 e. The van der Waals surface area contributed by atoms with Gasteiger partial charge in [-0.3, -0.25) is 4.98 Å². The van der Waals surface area contributed by atoms with Gasteiger partial charge in [-0.15, -0.1) is 11.3 Å². The van der Waals surface area contributed by atoms with Crippen molar-refractivity contribution in [3.63, 3.8) is 0 Å². The predicted octanol–water partition coefficient (Wildman–Crippen LogP) is 3.63. The first-order valence-electron chi connectivity index (χ1n) is 14.2. The quantitative estimate of drug-likeness (QED) is 0.247. The second-order valence-electron chi connectivity index (χ2n) is 10.2. The summed E-state index contributed by atoms with van der Waals surface area (Å²) in [7, 11) is 3.53. The van der Waals surface area contributed by atoms with E-state index in [2.05, 4.69) is 51.0 Å². The maximum absolute atomic E-state index is 5.92. The first-order chi connectivity index (χ1) is 22.9. The Morgan fingerprint density at radius 2 is 1.21 bits per heavy atom. The third-order valence-electron chi connectivity index (χ3n) is 6.87. The van der Waals surface area contributed by atoms with E-state index in [9.17, 15) is 0 Å². The van der Waals surface area contributed by atoms with E-state index in [1.54, 1.807) is 32.6 Å². The number of aryl methyl sites for hydroxylation is 3. The SMILES string of the molecule is C.Cc1cccc(COc2nc3ccccc3n2-c2nnnn2C)n1.Cn1nnnc1-n1c(OCc2csc(N)n2)nc2ccccc21. The molecule has 48 heavy (non-hydrogen) atoms. The molecule has 0 bridgehead atoms. The van der Waals surface area contributed by atoms with Gasteiger partial charge in [-0.1, -0.05) is 48.0 Å². The topological polar surface area (TPSA) is 193 Å². The van der Waals surface area contributed by atoms with Crippen LogP contribution in [-0.4, -0.2) is 69.5 Å². The van der Waals surface area contributed by atoms with Crippen LogP contribution in [0.5, 0.6) is 12.0 Å². The van der Waals surface area contributed by atoms with Crippen molar-refractivity contribution in [3.8, 4) is 23.9 Å². The van der Waals surface area contributed by atoms with E-state index in [1.165, 1.54) is 11.3 Å². The van der Waals surface area contributed by atoms with Crippen LogP contribution in [0.15, 0.2) is 72.1 Å². The lowest BCUT2D eigenvalue weighted by atomic mass is 10.3. The minimum absolute atomic E-state index is 0. The number of nitrogens with two attached hydrogens (primary N) is 1. The Hall–Kier alpha value is -6.30. The lowest BCUT2D eigenvalue weighted by molar-refractivity contribution is 0.272. The van der Waals surface area contributed by atoms with Crippen molar-refractivity contribution in [3.05, 3.63) is 89.2 Å². The van der Waals surface area contributed by atoms with Crippen molar-refractivity contribution in [2.24, 2.45) is 14.1 Å². The van der Waals surface area contributed by atoms with Gasteiger partial charge in [0, 0.05) is 25.2 Å². The Balaban J connectivity index is 0.000000164. The largest absolute Gasteiger partial charge is 0.458 e. The van der Waals surface area contributed by atoms with Crippen molar-refractivity contribution in [1.29, 1.82) is 0 Å². The number of tetrazole rings is 2. The van der Waals surface area contributed by atoms with E-state index in [0.29, 0.717) is 35.7 Å². The molecule has 17 nitrogen and oxygen atoms in total. The van der Waals surface area contributed by atoms with Crippen LogP contribution in [0.1, 0.15) is 24.5 Å². The van der Waals surface area contributed by atoms with Gasteiger partial charge in [-0.25, -0.2) is 23.5 Å². The van der Waals surface area contributed by atoms with Crippen LogP contribution >= 0.6 is 11.3 Å². The zero-order chi connectivity index (χ0) is 32.3. The first kappa shape index (κ1) is 31.7. The molecule has 6 heterocycles. The second kappa shape index (κ2) is 13.6. The Bertz CT molecular complexity index is 2300. The number of aromatic nitrogens is 14. The summed E-state index contributed by atoms with van der Waals surface area (Å²) in [5, 5.41) is 25.6. The number of pyridine rings is 1. The zero-order valence-electron chi connectivity index (χ0n) is 25.4. The van der Waals surface area contributed by atoms with E-state index in [1.807, 2.05) is 79.0 Å². The van der Waals surface area contributed by atoms with Gasteiger partial charge in [0.1, 0.15) is 13.2 Å². The molecule has 0 amide bonds. The van der Waals surface area contributed by atoms with Gasteiger partial charge in [-0.2, -0.15) is 9.97 Å². The molecule has 0 aliphatic rings. The smallest absolute Gasteiger partial charge is 0.305 e. The summed E-state index contributed by atoms with van der Waals surface area (Å²) in [5.41, 5.74) is 11.5. The first-order valence-corrected chi connectivity index (χ1v) is 15.1. The number of hydrogen-bond donors (Lipinski definition) is 1. The normalized spacial score (nSPS) is 10.9. The molecule has 0 spiro atoms. The minimum atomic E-state index is 0. The van der Waals surface area contributed by atoms with Crippen molar-refractivity contribution in [2.75, 3.05) is 5.73 Å². The van der Waals surface area contributed by atoms with Crippen LogP contribution in [0.3, 0.4) is 0 Å². The Morgan fingerprint density at radius 3 is 1.69 bits per heavy atom. The molecule has 8 aromatic rings. The van der Waals surface area contributed by atoms with Crippen molar-refractivity contribution in [2.45, 2.75) is 27.6 Å². The number of ether oxygens (including phenoxy) is 2. The number of anilines is 1. The molecule has 0 unspecified atom stereocenters. The molecule has 0 radical (unpaired) electrons. The lowest BCUT2D eigenvalue weighted by Gasteiger charge is -2.08. The molecule has 8 rings (SSSR count). The number of thiazole rings is 1. The molecule has 244 valence electrons. The maximum atomic E-state index is 5.92. The highest BCUT2D eigenvalue weighted by atomic mass is 32.1. The molecule has 0 atom stereocenters. The summed E-state index contributed by atoms with van der Waals surface area (Å²) in [6, 6.07) is 22.1. The standard InChI is InChI=1S/C16H15N7O.C13H12N8OS.CH4/c1-11-6-5-7-12(17-11)10-24-16-18-13-8-3-4-9-14(13)23(16)15-19-20-21-22(15)2;1-20-12(17-18-19-20)21-10-5-3-2-4-9(10)16-13(21)22-6-8-7-23-11(14)15-8;/h3-9H,10H2,1-2H3;2-5,7H,6H2,1H3,(H2,14,15);1H4. The molecule has 0 aliphatic heterocycles. The van der Waals surface area contributed by atoms with Crippen LogP contribution in [-0.2, 0) is 27.3 Å². The van der Waals surface area contributed by atoms with Gasteiger partial charge >= 0.3 is 12.0 Å². The fourth-order valence-electron chi connectivity index (χ4n) is 4.76. The number of hydrogen-bond acceptors (Lipinski definition) is 14. The van der Waals surface area contributed by atoms with Gasteiger partial charge < -0.3 is 15.2 Å². The molecular weight excluding hydrogens is 634 g/mol. The second-order valence-corrected chi connectivity index (χ2v) is 11.1. The Kier molecular flexibility index (Phi) is 8.97. The summed E-state index contributed by atoms with van der Waals surface area (Å²) in [4.78, 5) is 17.7. The number of benzene rings is 2. The molecule has 0 saturated carbocycles. The highest BCUT2D eigenvalue weighted by molar-refractivity contribution is 7.13. The summed E-state index contributed by atoms with van der Waals surface area (Å²) in [5.74, 6) is 1.06. The van der Waals surface area contributed by atoms with Gasteiger partial charge in [0.15, 0.2) is 5.13 Å². The number of nitrogens with zero attached hydrogens (tertiary/aromatic N) is 14. The van der Waals surface area contributed by atoms with E-state index in [-0.39, 0.29) is 14.0 Å². The Morgan fingerprint density at radius 1 is 0.667 bits per heavy atom. The number of nitrogen functional groups attached to an aromatic ring is 1. The molecule has 18 heteroatoms. The molecule has 0 fully saturated rings. The lowest BCUT2D eigenvalue weighted by Crippen LogP contribution is -2.08. The number of rotatable bonds is 8. The van der Waals surface area contributed by atoms with Crippen molar-refractivity contribution in [1.82, 2.24) is 69.5 Å². The van der Waals surface area contributed by atoms with E-state index in [0.717, 1.165) is 39.1 Å². The fraction of sp³-hybridized carbons (Fsp3) is 0.200. The van der Waals surface area contributed by atoms with Gasteiger partial charge in [0.2, 0.25) is 0 Å². The highest BCUT2D eigenvalue weighted by Crippen LogP contribution is 2.26. The molecule has 0 saturated heterocycles. The Labute approximate surface area is 277 Å². The summed E-state index contributed by atoms with van der Waals surface area (Å²) >= 11 is 1.37. The van der Waals surface area contributed by atoms with Gasteiger partial charge in [0.05, 0.1) is 33.5 Å². The number of para-hydroxylation sites is 4. The summed E-state index contributed by atoms with van der Waals surface area (Å²) < 4.78 is 18.5. The third kappa shape index (κ3) is 6.36. The summed E-state index contributed by atoms with van der Waals surface area (Å²) in [6.45, 7) is 2.53. The van der Waals surface area contributed by atoms with Crippen molar-refractivity contribution < 1.29 is 9.47 Å². The van der Waals surface area contributed by atoms with Crippen LogP contribution in [0.4, 0.5) is 5.13 Å². The van der Waals surface area contributed by atoms with Crippen LogP contribution in [0, 0.1) is 6.92 Å². The highest BCUT2D eigenvalue weighted by Gasteiger charge is 2.19. The van der Waals surface area contributed by atoms with Crippen molar-refractivity contribution >= 4 is 38.5 Å². The average Bonchev–Trinajstić information content (AvgIpc) is 3.90. The van der Waals surface area contributed by atoms with E-state index in [4.69, 9.17) is 15.2 Å². The number of fused-ring (bicyclic) bond motifs is 2. The monoisotopic (exact) mass is 665 g/mol. The number of imidazole rings is 2. The van der Waals surface area contributed by atoms with Crippen LogP contribution < -0.4 is 15.2 Å². The molecular formula is C30H31N15O2S. The summed E-state index contributed by atoms with van der Waals surface area (Å²) in [6.07, 6.45) is 0. The third-order valence-corrected chi connectivity index (χ3v) is 7.59. The van der Waals surface area contributed by atoms with Crippen LogP contribution in [0.25, 0.3) is 34.0 Å². The van der Waals surface area contributed by atoms with E-state index >= 15 is 0 Å². The van der Waals surface area contributed by atoms with Gasteiger partial charge in [-0.05, 0) is 64.2 Å².